The standard InChI is InChI=1S/C13H26N2/c1-7-11-12(8-2)15(10-4)13(5,9-3)14(11)6/h7-10H2,1-6H3. The molecule has 2 nitrogen and oxygen atoms in total. The van der Waals surface area contributed by atoms with Gasteiger partial charge in [0.25, 0.3) is 0 Å². The molecule has 1 aliphatic rings. The normalized spacial score (nSPS) is 26.8. The third kappa shape index (κ3) is 1.64. The number of rotatable bonds is 4. The van der Waals surface area contributed by atoms with Crippen molar-refractivity contribution in [3.63, 3.8) is 0 Å². The van der Waals surface area contributed by atoms with E-state index in [-0.39, 0.29) is 5.66 Å². The first-order valence-corrected chi connectivity index (χ1v) is 6.30. The average molecular weight is 210 g/mol. The molecule has 0 saturated heterocycles. The molecular formula is C13H26N2. The van der Waals surface area contributed by atoms with Crippen LogP contribution >= 0.6 is 0 Å². The summed E-state index contributed by atoms with van der Waals surface area (Å²) in [6, 6.07) is 0. The lowest BCUT2D eigenvalue weighted by atomic mass is 10.1. The van der Waals surface area contributed by atoms with E-state index in [4.69, 9.17) is 0 Å². The van der Waals surface area contributed by atoms with E-state index in [1.807, 2.05) is 0 Å². The van der Waals surface area contributed by atoms with E-state index in [0.29, 0.717) is 0 Å². The van der Waals surface area contributed by atoms with Crippen molar-refractivity contribution < 1.29 is 0 Å². The minimum atomic E-state index is 0.200. The Labute approximate surface area is 94.9 Å². The quantitative estimate of drug-likeness (QED) is 0.701. The Morgan fingerprint density at radius 2 is 1.53 bits per heavy atom. The van der Waals surface area contributed by atoms with Crippen molar-refractivity contribution in [3.8, 4) is 0 Å². The van der Waals surface area contributed by atoms with E-state index in [0.717, 1.165) is 19.4 Å². The molecule has 88 valence electrons. The van der Waals surface area contributed by atoms with Crippen molar-refractivity contribution in [1.29, 1.82) is 0 Å². The van der Waals surface area contributed by atoms with E-state index in [1.54, 1.807) is 5.70 Å². The van der Waals surface area contributed by atoms with E-state index in [9.17, 15) is 0 Å². The van der Waals surface area contributed by atoms with Gasteiger partial charge in [0.15, 0.2) is 0 Å². The van der Waals surface area contributed by atoms with Crippen molar-refractivity contribution >= 4 is 0 Å². The van der Waals surface area contributed by atoms with Crippen LogP contribution in [0.15, 0.2) is 11.4 Å². The summed E-state index contributed by atoms with van der Waals surface area (Å²) in [4.78, 5) is 5.06. The highest BCUT2D eigenvalue weighted by molar-refractivity contribution is 5.22. The fourth-order valence-electron chi connectivity index (χ4n) is 2.91. The van der Waals surface area contributed by atoms with Crippen LogP contribution in [0.1, 0.15) is 53.9 Å². The molecule has 0 radical (unpaired) electrons. The molecule has 1 atom stereocenters. The van der Waals surface area contributed by atoms with Gasteiger partial charge in [0.1, 0.15) is 5.66 Å². The van der Waals surface area contributed by atoms with Gasteiger partial charge in [-0.05, 0) is 33.1 Å². The molecule has 0 N–H and O–H groups in total. The van der Waals surface area contributed by atoms with Crippen LogP contribution in [-0.4, -0.2) is 29.1 Å². The average Bonchev–Trinajstić information content (AvgIpc) is 2.47. The molecule has 0 aromatic heterocycles. The predicted molar refractivity (Wildman–Crippen MR) is 66.4 cm³/mol. The fourth-order valence-corrected chi connectivity index (χ4v) is 2.91. The van der Waals surface area contributed by atoms with Crippen LogP contribution in [0.2, 0.25) is 0 Å². The smallest absolute Gasteiger partial charge is 0.109 e. The molecule has 0 amide bonds. The number of allylic oxidation sites excluding steroid dienone is 2. The number of nitrogens with zero attached hydrogens (tertiary/aromatic N) is 2. The molecule has 0 aliphatic carbocycles. The number of hydrogen-bond donors (Lipinski definition) is 0. The Kier molecular flexibility index (Phi) is 3.69. The molecule has 1 unspecified atom stereocenters. The fraction of sp³-hybridized carbons (Fsp3) is 0.846. The zero-order valence-corrected chi connectivity index (χ0v) is 11.2. The number of hydrogen-bond acceptors (Lipinski definition) is 2. The topological polar surface area (TPSA) is 6.48 Å². The van der Waals surface area contributed by atoms with Gasteiger partial charge in [-0.25, -0.2) is 0 Å². The Morgan fingerprint density at radius 3 is 1.87 bits per heavy atom. The Balaban J connectivity index is 3.14. The van der Waals surface area contributed by atoms with Gasteiger partial charge in [-0.2, -0.15) is 0 Å². The molecular weight excluding hydrogens is 184 g/mol. The minimum Gasteiger partial charge on any atom is -0.354 e. The van der Waals surface area contributed by atoms with Crippen molar-refractivity contribution in [2.45, 2.75) is 59.5 Å². The maximum atomic E-state index is 2.58. The second-order valence-corrected chi connectivity index (χ2v) is 4.47. The molecule has 1 rings (SSSR count). The minimum absolute atomic E-state index is 0.200. The summed E-state index contributed by atoms with van der Waals surface area (Å²) in [7, 11) is 2.24. The van der Waals surface area contributed by atoms with E-state index >= 15 is 0 Å². The van der Waals surface area contributed by atoms with Crippen LogP contribution in [0.25, 0.3) is 0 Å². The van der Waals surface area contributed by atoms with Gasteiger partial charge >= 0.3 is 0 Å². The van der Waals surface area contributed by atoms with E-state index < -0.39 is 0 Å². The molecule has 0 spiro atoms. The van der Waals surface area contributed by atoms with Gasteiger partial charge < -0.3 is 9.80 Å². The highest BCUT2D eigenvalue weighted by atomic mass is 15.4. The summed E-state index contributed by atoms with van der Waals surface area (Å²) in [5, 5.41) is 0. The molecule has 15 heavy (non-hydrogen) atoms. The lowest BCUT2D eigenvalue weighted by Crippen LogP contribution is -2.50. The van der Waals surface area contributed by atoms with E-state index in [2.05, 4.69) is 51.5 Å². The van der Waals surface area contributed by atoms with Crippen molar-refractivity contribution in [3.05, 3.63) is 11.4 Å². The molecule has 1 aliphatic heterocycles. The first kappa shape index (κ1) is 12.4. The van der Waals surface area contributed by atoms with Crippen LogP contribution in [0.4, 0.5) is 0 Å². The third-order valence-electron chi connectivity index (χ3n) is 4.02. The SMILES string of the molecule is CCC1=C(CC)N(CC)C(C)(CC)N1C. The van der Waals surface area contributed by atoms with Crippen molar-refractivity contribution in [2.75, 3.05) is 13.6 Å². The molecule has 0 aromatic carbocycles. The maximum absolute atomic E-state index is 2.58. The summed E-state index contributed by atoms with van der Waals surface area (Å²) in [6.45, 7) is 12.5. The summed E-state index contributed by atoms with van der Waals surface area (Å²) in [6.07, 6.45) is 3.47. The van der Waals surface area contributed by atoms with Gasteiger partial charge in [-0.15, -0.1) is 0 Å². The highest BCUT2D eigenvalue weighted by Crippen LogP contribution is 2.40. The largest absolute Gasteiger partial charge is 0.354 e. The lowest BCUT2D eigenvalue weighted by molar-refractivity contribution is 0.0480. The third-order valence-corrected chi connectivity index (χ3v) is 4.02. The maximum Gasteiger partial charge on any atom is 0.109 e. The zero-order chi connectivity index (χ0) is 11.6. The molecule has 0 aromatic rings. The first-order chi connectivity index (χ1) is 7.06. The van der Waals surface area contributed by atoms with Crippen LogP contribution < -0.4 is 0 Å². The van der Waals surface area contributed by atoms with Gasteiger partial charge in [-0.3, -0.25) is 0 Å². The zero-order valence-electron chi connectivity index (χ0n) is 11.2. The van der Waals surface area contributed by atoms with Gasteiger partial charge in [0.05, 0.1) is 0 Å². The van der Waals surface area contributed by atoms with Crippen molar-refractivity contribution in [2.24, 2.45) is 0 Å². The molecule has 0 fully saturated rings. The Morgan fingerprint density at radius 1 is 1.00 bits per heavy atom. The molecule has 0 saturated carbocycles. The summed E-state index contributed by atoms with van der Waals surface area (Å²) in [5.74, 6) is 0. The van der Waals surface area contributed by atoms with Gasteiger partial charge in [0, 0.05) is 25.0 Å². The summed E-state index contributed by atoms with van der Waals surface area (Å²) >= 11 is 0. The van der Waals surface area contributed by atoms with Crippen LogP contribution in [0.3, 0.4) is 0 Å². The predicted octanol–water partition coefficient (Wildman–Crippen LogP) is 3.41. The second kappa shape index (κ2) is 4.46. The van der Waals surface area contributed by atoms with Gasteiger partial charge in [0.2, 0.25) is 0 Å². The highest BCUT2D eigenvalue weighted by Gasteiger charge is 2.41. The molecule has 1 heterocycles. The van der Waals surface area contributed by atoms with E-state index in [1.165, 1.54) is 12.1 Å². The summed E-state index contributed by atoms with van der Waals surface area (Å²) < 4.78 is 0. The van der Waals surface area contributed by atoms with Crippen LogP contribution in [-0.2, 0) is 0 Å². The van der Waals surface area contributed by atoms with Gasteiger partial charge in [-0.1, -0.05) is 20.8 Å². The Bertz CT molecular complexity index is 257. The van der Waals surface area contributed by atoms with Crippen molar-refractivity contribution in [1.82, 2.24) is 9.80 Å². The summed E-state index contributed by atoms with van der Waals surface area (Å²) in [5.41, 5.74) is 3.28. The lowest BCUT2D eigenvalue weighted by Gasteiger charge is -2.42. The monoisotopic (exact) mass is 210 g/mol. The molecule has 2 heteroatoms. The Hall–Kier alpha value is -0.660. The van der Waals surface area contributed by atoms with Crippen LogP contribution in [0.5, 0.6) is 0 Å². The molecule has 0 bridgehead atoms. The van der Waals surface area contributed by atoms with Crippen LogP contribution in [0, 0.1) is 0 Å². The first-order valence-electron chi connectivity index (χ1n) is 6.30. The second-order valence-electron chi connectivity index (χ2n) is 4.47.